The van der Waals surface area contributed by atoms with E-state index < -0.39 is 0 Å². The van der Waals surface area contributed by atoms with E-state index in [4.69, 9.17) is 9.47 Å². The quantitative estimate of drug-likeness (QED) is 0.823. The van der Waals surface area contributed by atoms with Crippen molar-refractivity contribution in [3.63, 3.8) is 0 Å². The van der Waals surface area contributed by atoms with Crippen LogP contribution in [0.3, 0.4) is 0 Å². The molecule has 0 bridgehead atoms. The normalized spacial score (nSPS) is 11.7. The number of carbonyl (C=O) groups excluding carboxylic acids is 1. The Balaban J connectivity index is 2.36. The molecule has 0 fully saturated rings. The molecule has 0 heterocycles. The molecular weight excluding hydrogens is 218 g/mol. The number of methoxy groups -OCH3 is 1. The fraction of sp³-hybridized carbons (Fsp3) is 0.462. The third-order valence-corrected chi connectivity index (χ3v) is 2.29. The zero-order valence-electron chi connectivity index (χ0n) is 10.5. The molecule has 1 amide bonds. The first-order valence-electron chi connectivity index (χ1n) is 5.72. The summed E-state index contributed by atoms with van der Waals surface area (Å²) < 4.78 is 10.6. The zero-order valence-corrected chi connectivity index (χ0v) is 10.5. The lowest BCUT2D eigenvalue weighted by molar-refractivity contribution is -0.121. The molecule has 0 aromatic heterocycles. The van der Waals surface area contributed by atoms with Crippen LogP contribution in [0.25, 0.3) is 0 Å². The average Bonchev–Trinajstić information content (AvgIpc) is 2.36. The number of ether oxygens (including phenoxy) is 2. The fourth-order valence-electron chi connectivity index (χ4n) is 1.31. The van der Waals surface area contributed by atoms with Gasteiger partial charge in [-0.3, -0.25) is 4.79 Å². The van der Waals surface area contributed by atoms with E-state index in [-0.39, 0.29) is 11.9 Å². The van der Waals surface area contributed by atoms with Crippen molar-refractivity contribution in [3.05, 3.63) is 24.3 Å². The molecule has 0 radical (unpaired) electrons. The van der Waals surface area contributed by atoms with Gasteiger partial charge in [0.25, 0.3) is 0 Å². The molecule has 0 aliphatic rings. The highest BCUT2D eigenvalue weighted by molar-refractivity contribution is 5.75. The highest BCUT2D eigenvalue weighted by atomic mass is 16.5. The maximum Gasteiger partial charge on any atom is 0.220 e. The van der Waals surface area contributed by atoms with Crippen LogP contribution in [-0.4, -0.2) is 25.7 Å². The minimum Gasteiger partial charge on any atom is -0.497 e. The molecule has 1 rings (SSSR count). The van der Waals surface area contributed by atoms with Crippen molar-refractivity contribution in [3.8, 4) is 11.5 Å². The third kappa shape index (κ3) is 4.76. The molecule has 1 atom stereocenters. The molecule has 17 heavy (non-hydrogen) atoms. The summed E-state index contributed by atoms with van der Waals surface area (Å²) in [7, 11) is 1.62. The predicted octanol–water partition coefficient (Wildman–Crippen LogP) is 1.99. The molecule has 1 aromatic carbocycles. The van der Waals surface area contributed by atoms with Gasteiger partial charge in [0.15, 0.2) is 0 Å². The van der Waals surface area contributed by atoms with E-state index in [0.29, 0.717) is 13.0 Å². The first-order valence-corrected chi connectivity index (χ1v) is 5.72. The maximum absolute atomic E-state index is 11.1. The number of nitrogens with one attached hydrogen (secondary N) is 1. The first-order chi connectivity index (χ1) is 8.15. The highest BCUT2D eigenvalue weighted by Gasteiger charge is 2.06. The average molecular weight is 237 g/mol. The molecule has 4 heteroatoms. The summed E-state index contributed by atoms with van der Waals surface area (Å²) in [6.45, 7) is 4.20. The van der Waals surface area contributed by atoms with Crippen molar-refractivity contribution in [1.29, 1.82) is 0 Å². The number of amides is 1. The summed E-state index contributed by atoms with van der Waals surface area (Å²) in [6.07, 6.45) is 0.493. The van der Waals surface area contributed by atoms with Crippen molar-refractivity contribution in [2.24, 2.45) is 0 Å². The first kappa shape index (κ1) is 13.4. The van der Waals surface area contributed by atoms with Crippen LogP contribution in [0.15, 0.2) is 24.3 Å². The van der Waals surface area contributed by atoms with Gasteiger partial charge in [-0.25, -0.2) is 0 Å². The Morgan fingerprint density at radius 3 is 2.41 bits per heavy atom. The van der Waals surface area contributed by atoms with Crippen molar-refractivity contribution >= 4 is 5.91 Å². The molecule has 0 saturated carbocycles. The number of hydrogen-bond donors (Lipinski definition) is 1. The molecule has 1 N–H and O–H groups in total. The lowest BCUT2D eigenvalue weighted by atomic mass is 10.3. The van der Waals surface area contributed by atoms with Gasteiger partial charge < -0.3 is 14.8 Å². The van der Waals surface area contributed by atoms with Gasteiger partial charge >= 0.3 is 0 Å². The summed E-state index contributed by atoms with van der Waals surface area (Å²) in [5.74, 6) is 1.60. The summed E-state index contributed by atoms with van der Waals surface area (Å²) >= 11 is 0. The topological polar surface area (TPSA) is 47.6 Å². The molecule has 1 unspecified atom stereocenters. The maximum atomic E-state index is 11.1. The minimum atomic E-state index is 0.00421. The van der Waals surface area contributed by atoms with E-state index in [1.165, 1.54) is 0 Å². The van der Waals surface area contributed by atoms with Crippen LogP contribution < -0.4 is 14.8 Å². The van der Waals surface area contributed by atoms with Crippen LogP contribution in [0, 0.1) is 0 Å². The van der Waals surface area contributed by atoms with E-state index in [2.05, 4.69) is 5.32 Å². The van der Waals surface area contributed by atoms with E-state index in [1.807, 2.05) is 38.1 Å². The van der Waals surface area contributed by atoms with Gasteiger partial charge in [-0.2, -0.15) is 0 Å². The summed E-state index contributed by atoms with van der Waals surface area (Å²) in [5.41, 5.74) is 0. The summed E-state index contributed by atoms with van der Waals surface area (Å²) in [4.78, 5) is 11.1. The lowest BCUT2D eigenvalue weighted by Gasteiger charge is -2.14. The SMILES string of the molecule is CCC(=O)NC(C)COc1ccc(OC)cc1. The van der Waals surface area contributed by atoms with Crippen molar-refractivity contribution in [2.45, 2.75) is 26.3 Å². The molecule has 1 aromatic rings. The number of rotatable bonds is 6. The fourth-order valence-corrected chi connectivity index (χ4v) is 1.31. The number of hydrogen-bond acceptors (Lipinski definition) is 3. The third-order valence-electron chi connectivity index (χ3n) is 2.29. The lowest BCUT2D eigenvalue weighted by Crippen LogP contribution is -2.36. The predicted molar refractivity (Wildman–Crippen MR) is 66.4 cm³/mol. The van der Waals surface area contributed by atoms with Gasteiger partial charge in [-0.05, 0) is 31.2 Å². The van der Waals surface area contributed by atoms with Crippen molar-refractivity contribution in [2.75, 3.05) is 13.7 Å². The Morgan fingerprint density at radius 2 is 1.88 bits per heavy atom. The largest absolute Gasteiger partial charge is 0.497 e. The molecule has 0 saturated heterocycles. The molecule has 0 aliphatic heterocycles. The summed E-state index contributed by atoms with van der Waals surface area (Å²) in [5, 5.41) is 2.83. The second kappa shape index (κ2) is 6.78. The van der Waals surface area contributed by atoms with Crippen LogP contribution in [-0.2, 0) is 4.79 Å². The Bertz CT molecular complexity index is 348. The van der Waals surface area contributed by atoms with Gasteiger partial charge in [0.05, 0.1) is 13.2 Å². The minimum absolute atomic E-state index is 0.00421. The van der Waals surface area contributed by atoms with Gasteiger partial charge in [0.2, 0.25) is 5.91 Å². The number of carbonyl (C=O) groups is 1. The van der Waals surface area contributed by atoms with Gasteiger partial charge in [0.1, 0.15) is 18.1 Å². The molecular formula is C13H19NO3. The van der Waals surface area contributed by atoms with Crippen LogP contribution in [0.5, 0.6) is 11.5 Å². The van der Waals surface area contributed by atoms with Gasteiger partial charge in [-0.15, -0.1) is 0 Å². The monoisotopic (exact) mass is 237 g/mol. The molecule has 0 spiro atoms. The summed E-state index contributed by atoms with van der Waals surface area (Å²) in [6, 6.07) is 7.36. The van der Waals surface area contributed by atoms with Gasteiger partial charge in [0, 0.05) is 6.42 Å². The van der Waals surface area contributed by atoms with Crippen molar-refractivity contribution in [1.82, 2.24) is 5.32 Å². The Labute approximate surface area is 102 Å². The number of benzene rings is 1. The van der Waals surface area contributed by atoms with Crippen LogP contribution in [0.1, 0.15) is 20.3 Å². The smallest absolute Gasteiger partial charge is 0.220 e. The molecule has 0 aliphatic carbocycles. The highest BCUT2D eigenvalue weighted by Crippen LogP contribution is 2.16. The van der Waals surface area contributed by atoms with Crippen molar-refractivity contribution < 1.29 is 14.3 Å². The Hall–Kier alpha value is -1.71. The Kier molecular flexibility index (Phi) is 5.33. The standard InChI is InChI=1S/C13H19NO3/c1-4-13(15)14-10(2)9-17-12-7-5-11(16-3)6-8-12/h5-8,10H,4,9H2,1-3H3,(H,14,15). The van der Waals surface area contributed by atoms with Crippen LogP contribution >= 0.6 is 0 Å². The van der Waals surface area contributed by atoms with E-state index in [0.717, 1.165) is 11.5 Å². The van der Waals surface area contributed by atoms with E-state index in [9.17, 15) is 4.79 Å². The second-order valence-electron chi connectivity index (χ2n) is 3.81. The van der Waals surface area contributed by atoms with Crippen LogP contribution in [0.2, 0.25) is 0 Å². The van der Waals surface area contributed by atoms with Gasteiger partial charge in [-0.1, -0.05) is 6.92 Å². The molecule has 4 nitrogen and oxygen atoms in total. The van der Waals surface area contributed by atoms with Crippen LogP contribution in [0.4, 0.5) is 0 Å². The van der Waals surface area contributed by atoms with E-state index in [1.54, 1.807) is 7.11 Å². The molecule has 94 valence electrons. The second-order valence-corrected chi connectivity index (χ2v) is 3.81. The zero-order chi connectivity index (χ0) is 12.7. The Morgan fingerprint density at radius 1 is 1.29 bits per heavy atom. The van der Waals surface area contributed by atoms with E-state index >= 15 is 0 Å².